The Morgan fingerprint density at radius 3 is 2.22 bits per heavy atom. The van der Waals surface area contributed by atoms with Gasteiger partial charge in [0, 0.05) is 5.75 Å². The Labute approximate surface area is 167 Å². The largest absolute Gasteiger partial charge is 0.448 e. The van der Waals surface area contributed by atoms with Gasteiger partial charge in [-0.25, -0.2) is 4.79 Å². The minimum absolute atomic E-state index is 0.197. The zero-order valence-electron chi connectivity index (χ0n) is 14.7. The highest BCUT2D eigenvalue weighted by molar-refractivity contribution is 8.00. The van der Waals surface area contributed by atoms with E-state index in [2.05, 4.69) is 0 Å². The van der Waals surface area contributed by atoms with Crippen LogP contribution in [0.3, 0.4) is 0 Å². The van der Waals surface area contributed by atoms with Crippen LogP contribution in [-0.2, 0) is 14.3 Å². The summed E-state index contributed by atoms with van der Waals surface area (Å²) in [6, 6.07) is 19.2. The number of esters is 1. The van der Waals surface area contributed by atoms with Crippen LogP contribution in [0.4, 0.5) is 0 Å². The molecule has 138 valence electrons. The summed E-state index contributed by atoms with van der Waals surface area (Å²) in [5.41, 5.74) is 2.92. The van der Waals surface area contributed by atoms with Crippen LogP contribution in [0.2, 0.25) is 0 Å². The summed E-state index contributed by atoms with van der Waals surface area (Å²) in [5, 5.41) is -0.776. The molecule has 6 heteroatoms. The molecule has 2 heterocycles. The number of amides is 1. The van der Waals surface area contributed by atoms with E-state index in [9.17, 15) is 9.59 Å². The molecule has 2 aromatic carbocycles. The van der Waals surface area contributed by atoms with E-state index in [1.54, 1.807) is 11.8 Å². The minimum Gasteiger partial charge on any atom is -0.448 e. The number of thioether (sulfide) groups is 1. The first-order valence-corrected chi connectivity index (χ1v) is 10.2. The summed E-state index contributed by atoms with van der Waals surface area (Å²) >= 11 is 7.67. The van der Waals surface area contributed by atoms with Gasteiger partial charge in [-0.05, 0) is 23.6 Å². The van der Waals surface area contributed by atoms with Gasteiger partial charge in [-0.1, -0.05) is 60.7 Å². The molecule has 0 spiro atoms. The summed E-state index contributed by atoms with van der Waals surface area (Å²) in [6.07, 6.45) is -0.545. The summed E-state index contributed by atoms with van der Waals surface area (Å²) < 4.78 is 5.93. The van der Waals surface area contributed by atoms with Gasteiger partial charge in [0.1, 0.15) is 16.4 Å². The summed E-state index contributed by atoms with van der Waals surface area (Å²) in [4.78, 5) is 26.8. The molecule has 27 heavy (non-hydrogen) atoms. The van der Waals surface area contributed by atoms with Gasteiger partial charge in [0.2, 0.25) is 5.91 Å². The first-order chi connectivity index (χ1) is 13.1. The molecular weight excluding hydrogens is 382 g/mol. The van der Waals surface area contributed by atoms with Crippen molar-refractivity contribution in [3.05, 3.63) is 83.1 Å². The predicted octanol–water partition coefficient (Wildman–Crippen LogP) is 4.12. The number of alkyl halides is 1. The lowest BCUT2D eigenvalue weighted by Crippen LogP contribution is -2.62. The van der Waals surface area contributed by atoms with Crippen molar-refractivity contribution in [2.75, 3.05) is 5.75 Å². The molecule has 0 bridgehead atoms. The van der Waals surface area contributed by atoms with Crippen LogP contribution in [0.1, 0.15) is 24.2 Å². The Bertz CT molecular complexity index is 861. The van der Waals surface area contributed by atoms with Crippen molar-refractivity contribution < 1.29 is 14.3 Å². The first-order valence-electron chi connectivity index (χ1n) is 8.67. The van der Waals surface area contributed by atoms with Gasteiger partial charge in [-0.15, -0.1) is 23.4 Å². The number of benzene rings is 2. The Hall–Kier alpha value is -2.24. The van der Waals surface area contributed by atoms with E-state index in [1.165, 1.54) is 4.90 Å². The maximum absolute atomic E-state index is 13.1. The fourth-order valence-electron chi connectivity index (χ4n) is 3.33. The number of halogens is 1. The fourth-order valence-corrected chi connectivity index (χ4v) is 4.97. The Morgan fingerprint density at radius 1 is 1.11 bits per heavy atom. The molecule has 2 aromatic rings. The summed E-state index contributed by atoms with van der Waals surface area (Å²) in [6.45, 7) is 1.86. The second kappa shape index (κ2) is 7.41. The van der Waals surface area contributed by atoms with Crippen molar-refractivity contribution in [3.63, 3.8) is 0 Å². The van der Waals surface area contributed by atoms with E-state index in [0.717, 1.165) is 16.7 Å². The second-order valence-corrected chi connectivity index (χ2v) is 8.12. The third kappa shape index (κ3) is 3.26. The Balaban J connectivity index is 1.65. The smallest absolute Gasteiger partial charge is 0.356 e. The van der Waals surface area contributed by atoms with Gasteiger partial charge in [-0.3, -0.25) is 9.69 Å². The van der Waals surface area contributed by atoms with E-state index in [0.29, 0.717) is 11.4 Å². The molecule has 1 saturated heterocycles. The number of fused-ring (bicyclic) bond motifs is 1. The van der Waals surface area contributed by atoms with E-state index in [4.69, 9.17) is 16.3 Å². The molecule has 2 aliphatic heterocycles. The lowest BCUT2D eigenvalue weighted by atomic mass is 10.0. The van der Waals surface area contributed by atoms with Crippen molar-refractivity contribution in [2.24, 2.45) is 0 Å². The molecule has 0 saturated carbocycles. The number of hydrogen-bond donors (Lipinski definition) is 0. The van der Waals surface area contributed by atoms with Crippen LogP contribution in [0, 0.1) is 0 Å². The number of ether oxygens (including phenoxy) is 1. The van der Waals surface area contributed by atoms with Crippen molar-refractivity contribution >= 4 is 35.2 Å². The molecule has 2 aliphatic rings. The summed E-state index contributed by atoms with van der Waals surface area (Å²) in [5.74, 6) is -0.0766. The lowest BCUT2D eigenvalue weighted by molar-refractivity contribution is -0.151. The van der Waals surface area contributed by atoms with Crippen LogP contribution in [-0.4, -0.2) is 33.3 Å². The first kappa shape index (κ1) is 18.1. The SMILES string of the molecule is CC1=C(C(=O)OC(c2ccccc2)c2ccccc2)N2C(=O)[C@H](Cl)[C@@H]2SC1. The Kier molecular flexibility index (Phi) is 4.98. The van der Waals surface area contributed by atoms with Crippen LogP contribution >= 0.6 is 23.4 Å². The average molecular weight is 400 g/mol. The highest BCUT2D eigenvalue weighted by Crippen LogP contribution is 2.43. The van der Waals surface area contributed by atoms with Gasteiger partial charge in [0.05, 0.1) is 0 Å². The molecule has 2 atom stereocenters. The van der Waals surface area contributed by atoms with Crippen molar-refractivity contribution in [2.45, 2.75) is 23.8 Å². The van der Waals surface area contributed by atoms with Crippen molar-refractivity contribution in [1.82, 2.24) is 4.90 Å². The number of hydrogen-bond acceptors (Lipinski definition) is 4. The summed E-state index contributed by atoms with van der Waals surface area (Å²) in [7, 11) is 0. The number of nitrogens with zero attached hydrogens (tertiary/aromatic N) is 1. The number of rotatable bonds is 4. The second-order valence-electron chi connectivity index (χ2n) is 6.55. The minimum atomic E-state index is -0.579. The van der Waals surface area contributed by atoms with Gasteiger partial charge in [0.25, 0.3) is 0 Å². The molecule has 1 fully saturated rings. The van der Waals surface area contributed by atoms with Gasteiger partial charge < -0.3 is 4.74 Å². The van der Waals surface area contributed by atoms with Crippen LogP contribution in [0.25, 0.3) is 0 Å². The monoisotopic (exact) mass is 399 g/mol. The maximum Gasteiger partial charge on any atom is 0.356 e. The molecule has 4 nitrogen and oxygen atoms in total. The van der Waals surface area contributed by atoms with E-state index in [-0.39, 0.29) is 11.3 Å². The third-order valence-corrected chi connectivity index (χ3v) is 6.72. The van der Waals surface area contributed by atoms with E-state index >= 15 is 0 Å². The van der Waals surface area contributed by atoms with Crippen LogP contribution < -0.4 is 0 Å². The predicted molar refractivity (Wildman–Crippen MR) is 106 cm³/mol. The quantitative estimate of drug-likeness (QED) is 0.441. The molecule has 4 rings (SSSR count). The zero-order valence-corrected chi connectivity index (χ0v) is 16.2. The third-order valence-electron chi connectivity index (χ3n) is 4.72. The number of β-lactam (4-membered cyclic amide) rings is 1. The normalized spacial score (nSPS) is 21.7. The molecule has 1 amide bonds. The van der Waals surface area contributed by atoms with Crippen LogP contribution in [0.15, 0.2) is 71.9 Å². The number of carbonyl (C=O) groups excluding carboxylic acids is 2. The lowest BCUT2D eigenvalue weighted by Gasteiger charge is -2.47. The highest BCUT2D eigenvalue weighted by atomic mass is 35.5. The van der Waals surface area contributed by atoms with Gasteiger partial charge >= 0.3 is 5.97 Å². The molecular formula is C21H18ClNO3S. The highest BCUT2D eigenvalue weighted by Gasteiger charge is 2.52. The zero-order chi connectivity index (χ0) is 19.0. The van der Waals surface area contributed by atoms with Crippen molar-refractivity contribution in [1.29, 1.82) is 0 Å². The topological polar surface area (TPSA) is 46.6 Å². The molecule has 0 aromatic heterocycles. The Morgan fingerprint density at radius 2 is 1.67 bits per heavy atom. The molecule has 0 radical (unpaired) electrons. The van der Waals surface area contributed by atoms with Gasteiger partial charge in [-0.2, -0.15) is 0 Å². The fraction of sp³-hybridized carbons (Fsp3) is 0.238. The standard InChI is InChI=1S/C21H18ClNO3S/c1-13-12-27-20-16(22)19(24)23(20)17(13)21(25)26-18(14-8-4-2-5-9-14)15-10-6-3-7-11-15/h2-11,16,18,20H,12H2,1H3/t16-,20-/m0/s1. The molecule has 0 unspecified atom stereocenters. The van der Waals surface area contributed by atoms with Crippen LogP contribution in [0.5, 0.6) is 0 Å². The van der Waals surface area contributed by atoms with E-state index < -0.39 is 17.5 Å². The molecule has 0 aliphatic carbocycles. The number of carbonyl (C=O) groups is 2. The maximum atomic E-state index is 13.1. The van der Waals surface area contributed by atoms with Crippen molar-refractivity contribution in [3.8, 4) is 0 Å². The molecule has 0 N–H and O–H groups in total. The van der Waals surface area contributed by atoms with Gasteiger partial charge in [0.15, 0.2) is 6.10 Å². The van der Waals surface area contributed by atoms with E-state index in [1.807, 2.05) is 67.6 Å². The average Bonchev–Trinajstić information content (AvgIpc) is 2.72.